The molecule has 0 aliphatic heterocycles. The van der Waals surface area contributed by atoms with Crippen molar-refractivity contribution in [3.63, 3.8) is 0 Å². The molecule has 0 saturated carbocycles. The Morgan fingerprint density at radius 1 is 0.778 bits per heavy atom. The lowest BCUT2D eigenvalue weighted by atomic mass is 10.0. The minimum Gasteiger partial charge on any atom is -0.504 e. The van der Waals surface area contributed by atoms with Gasteiger partial charge in [0.25, 0.3) is 5.91 Å². The third-order valence-corrected chi connectivity index (χ3v) is 7.91. The number of phenolic OH excluding ortho intramolecular Hbond substituents is 2. The van der Waals surface area contributed by atoms with Crippen molar-refractivity contribution in [2.75, 3.05) is 5.32 Å². The zero-order chi connectivity index (χ0) is 25.9. The van der Waals surface area contributed by atoms with Crippen LogP contribution in [0.1, 0.15) is 21.5 Å². The van der Waals surface area contributed by atoms with Crippen LogP contribution in [0, 0.1) is 0 Å². The van der Waals surface area contributed by atoms with Gasteiger partial charge in [0.2, 0.25) is 9.84 Å². The van der Waals surface area contributed by atoms with Gasteiger partial charge in [0.15, 0.2) is 11.5 Å². The van der Waals surface area contributed by atoms with Crippen molar-refractivity contribution >= 4 is 44.6 Å². The lowest BCUT2D eigenvalue weighted by Gasteiger charge is -2.13. The Hall–Kier alpha value is -3.52. The molecule has 0 fully saturated rings. The van der Waals surface area contributed by atoms with Crippen LogP contribution < -0.4 is 5.32 Å². The number of rotatable bonds is 7. The van der Waals surface area contributed by atoms with E-state index in [9.17, 15) is 23.4 Å². The number of aromatic hydroxyl groups is 2. The average Bonchev–Trinajstić information content (AvgIpc) is 2.86. The Kier molecular flexibility index (Phi) is 7.54. The quantitative estimate of drug-likeness (QED) is 0.239. The molecule has 4 aromatic rings. The highest BCUT2D eigenvalue weighted by atomic mass is 35.5. The van der Waals surface area contributed by atoms with E-state index < -0.39 is 27.2 Å². The number of carbonyl (C=O) groups is 1. The fourth-order valence-electron chi connectivity index (χ4n) is 3.63. The van der Waals surface area contributed by atoms with Crippen LogP contribution in [0.3, 0.4) is 0 Å². The van der Waals surface area contributed by atoms with E-state index in [1.54, 1.807) is 0 Å². The molecule has 1 amide bonds. The van der Waals surface area contributed by atoms with Crippen LogP contribution in [0.2, 0.25) is 10.0 Å². The van der Waals surface area contributed by atoms with Gasteiger partial charge in [-0.15, -0.1) is 0 Å². The summed E-state index contributed by atoms with van der Waals surface area (Å²) in [5, 5.41) is 23.6. The van der Waals surface area contributed by atoms with E-state index in [4.69, 9.17) is 23.2 Å². The van der Waals surface area contributed by atoms with Gasteiger partial charge in [-0.05, 0) is 78.6 Å². The minimum absolute atomic E-state index is 0.0279. The highest BCUT2D eigenvalue weighted by Crippen LogP contribution is 2.33. The topological polar surface area (TPSA) is 104 Å². The second-order valence-electron chi connectivity index (χ2n) is 8.05. The second kappa shape index (κ2) is 10.6. The summed E-state index contributed by atoms with van der Waals surface area (Å²) in [7, 11) is -3.91. The molecule has 0 bridgehead atoms. The Labute approximate surface area is 218 Å². The van der Waals surface area contributed by atoms with Gasteiger partial charge in [-0.3, -0.25) is 4.79 Å². The van der Waals surface area contributed by atoms with Gasteiger partial charge in [-0.25, -0.2) is 8.42 Å². The van der Waals surface area contributed by atoms with Crippen molar-refractivity contribution in [2.24, 2.45) is 0 Å². The van der Waals surface area contributed by atoms with Gasteiger partial charge in [-0.2, -0.15) is 0 Å². The molecule has 0 unspecified atom stereocenters. The SMILES string of the molecule is O=C(Nc1cc(S(=O)(=O)c2ccc(Cl)cc2)ccc1Cl)c1cc(CCc2ccccc2)cc(O)c1O. The number of sulfone groups is 1. The van der Waals surface area contributed by atoms with Gasteiger partial charge in [-0.1, -0.05) is 53.5 Å². The first-order valence-electron chi connectivity index (χ1n) is 10.9. The third kappa shape index (κ3) is 5.65. The van der Waals surface area contributed by atoms with Crippen molar-refractivity contribution < 1.29 is 23.4 Å². The fourth-order valence-corrected chi connectivity index (χ4v) is 5.21. The normalized spacial score (nSPS) is 11.3. The van der Waals surface area contributed by atoms with Gasteiger partial charge >= 0.3 is 0 Å². The lowest BCUT2D eigenvalue weighted by Crippen LogP contribution is -2.14. The van der Waals surface area contributed by atoms with E-state index >= 15 is 0 Å². The number of aryl methyl sites for hydroxylation is 2. The zero-order valence-corrected chi connectivity index (χ0v) is 21.1. The van der Waals surface area contributed by atoms with Crippen molar-refractivity contribution in [1.29, 1.82) is 0 Å². The summed E-state index contributed by atoms with van der Waals surface area (Å²) in [6, 6.07) is 22.2. The fraction of sp³-hybridized carbons (Fsp3) is 0.0741. The van der Waals surface area contributed by atoms with Crippen LogP contribution in [0.15, 0.2) is 94.7 Å². The maximum absolute atomic E-state index is 13.0. The first-order chi connectivity index (χ1) is 17.1. The summed E-state index contributed by atoms with van der Waals surface area (Å²) in [5.74, 6) is -1.78. The average molecular weight is 542 g/mol. The number of benzene rings is 4. The number of hydrogen-bond acceptors (Lipinski definition) is 5. The van der Waals surface area contributed by atoms with Crippen LogP contribution in [0.5, 0.6) is 11.5 Å². The molecule has 6 nitrogen and oxygen atoms in total. The predicted octanol–water partition coefficient (Wildman–Crippen LogP) is 6.27. The standard InChI is InChI=1S/C27H21Cl2NO5S/c28-19-8-10-20(11-9-19)36(34,35)21-12-13-23(29)24(16-21)30-27(33)22-14-18(15-25(31)26(22)32)7-6-17-4-2-1-3-5-17/h1-5,8-16,31-32H,6-7H2,(H,30,33). The van der Waals surface area contributed by atoms with Crippen LogP contribution >= 0.6 is 23.2 Å². The molecular weight excluding hydrogens is 521 g/mol. The molecule has 9 heteroatoms. The largest absolute Gasteiger partial charge is 0.504 e. The van der Waals surface area contributed by atoms with E-state index in [1.165, 1.54) is 54.6 Å². The molecule has 0 saturated heterocycles. The number of phenols is 2. The summed E-state index contributed by atoms with van der Waals surface area (Å²) < 4.78 is 26.0. The Balaban J connectivity index is 1.60. The summed E-state index contributed by atoms with van der Waals surface area (Å²) in [4.78, 5) is 13.0. The molecule has 4 rings (SSSR count). The molecule has 0 radical (unpaired) electrons. The highest BCUT2D eigenvalue weighted by molar-refractivity contribution is 7.91. The number of carbonyl (C=O) groups excluding carboxylic acids is 1. The van der Waals surface area contributed by atoms with Gasteiger partial charge in [0, 0.05) is 5.02 Å². The maximum atomic E-state index is 13.0. The molecule has 0 aliphatic rings. The maximum Gasteiger partial charge on any atom is 0.259 e. The molecule has 0 aromatic heterocycles. The van der Waals surface area contributed by atoms with E-state index in [1.807, 2.05) is 30.3 Å². The number of amides is 1. The van der Waals surface area contributed by atoms with Crippen LogP contribution in [-0.2, 0) is 22.7 Å². The van der Waals surface area contributed by atoms with E-state index in [-0.39, 0.29) is 26.1 Å². The van der Waals surface area contributed by atoms with Crippen LogP contribution in [0.4, 0.5) is 5.69 Å². The molecule has 3 N–H and O–H groups in total. The third-order valence-electron chi connectivity index (χ3n) is 5.56. The van der Waals surface area contributed by atoms with Crippen molar-refractivity contribution in [2.45, 2.75) is 22.6 Å². The first-order valence-corrected chi connectivity index (χ1v) is 13.1. The van der Waals surface area contributed by atoms with Crippen LogP contribution in [0.25, 0.3) is 0 Å². The van der Waals surface area contributed by atoms with E-state index in [0.29, 0.717) is 23.4 Å². The highest BCUT2D eigenvalue weighted by Gasteiger charge is 2.21. The van der Waals surface area contributed by atoms with Crippen molar-refractivity contribution in [1.82, 2.24) is 0 Å². The first kappa shape index (κ1) is 25.6. The zero-order valence-electron chi connectivity index (χ0n) is 18.8. The summed E-state index contributed by atoms with van der Waals surface area (Å²) in [5.41, 5.74) is 1.59. The molecule has 0 spiro atoms. The summed E-state index contributed by atoms with van der Waals surface area (Å²) in [6.45, 7) is 0. The molecule has 0 atom stereocenters. The predicted molar refractivity (Wildman–Crippen MR) is 140 cm³/mol. The Morgan fingerprint density at radius 2 is 1.42 bits per heavy atom. The lowest BCUT2D eigenvalue weighted by molar-refractivity contribution is 0.102. The van der Waals surface area contributed by atoms with Gasteiger partial charge in [0.05, 0.1) is 26.1 Å². The minimum atomic E-state index is -3.91. The molecule has 0 heterocycles. The Bertz CT molecular complexity index is 1520. The van der Waals surface area contributed by atoms with Gasteiger partial charge in [0.1, 0.15) is 0 Å². The molecule has 4 aromatic carbocycles. The van der Waals surface area contributed by atoms with Crippen molar-refractivity contribution in [3.8, 4) is 11.5 Å². The summed E-state index contributed by atoms with van der Waals surface area (Å²) >= 11 is 12.1. The molecule has 0 aliphatic carbocycles. The van der Waals surface area contributed by atoms with E-state index in [0.717, 1.165) is 5.56 Å². The number of hydrogen-bond donors (Lipinski definition) is 3. The van der Waals surface area contributed by atoms with E-state index in [2.05, 4.69) is 5.32 Å². The second-order valence-corrected chi connectivity index (χ2v) is 10.8. The Morgan fingerprint density at radius 3 is 2.11 bits per heavy atom. The number of halogens is 2. The number of anilines is 1. The monoisotopic (exact) mass is 541 g/mol. The molecule has 184 valence electrons. The van der Waals surface area contributed by atoms with Crippen molar-refractivity contribution in [3.05, 3.63) is 112 Å². The smallest absolute Gasteiger partial charge is 0.259 e. The number of nitrogens with one attached hydrogen (secondary N) is 1. The van der Waals surface area contributed by atoms with Gasteiger partial charge < -0.3 is 15.5 Å². The molecule has 36 heavy (non-hydrogen) atoms. The molecular formula is C27H21Cl2NO5S. The summed E-state index contributed by atoms with van der Waals surface area (Å²) in [6.07, 6.45) is 1.19. The van der Waals surface area contributed by atoms with Crippen LogP contribution in [-0.4, -0.2) is 24.5 Å².